The fourth-order valence-electron chi connectivity index (χ4n) is 2.61. The molecule has 2 fully saturated rings. The third-order valence-electron chi connectivity index (χ3n) is 3.41. The Bertz CT molecular complexity index is 231. The summed E-state index contributed by atoms with van der Waals surface area (Å²) in [6.45, 7) is 5.83. The van der Waals surface area contributed by atoms with E-state index in [1.165, 1.54) is 25.9 Å². The molecule has 0 aliphatic carbocycles. The first kappa shape index (κ1) is 10.2. The Morgan fingerprint density at radius 3 is 2.93 bits per heavy atom. The van der Waals surface area contributed by atoms with E-state index in [1.807, 2.05) is 7.05 Å². The van der Waals surface area contributed by atoms with Gasteiger partial charge < -0.3 is 10.2 Å². The number of nitrogens with one attached hydrogen (secondary N) is 1. The minimum Gasteiger partial charge on any atom is -0.366 e. The van der Waals surface area contributed by atoms with Crippen LogP contribution in [0.1, 0.15) is 19.8 Å². The number of fused-ring (bicyclic) bond motifs is 1. The van der Waals surface area contributed by atoms with Crippen LogP contribution in [0.25, 0.3) is 0 Å². The summed E-state index contributed by atoms with van der Waals surface area (Å²) in [6.07, 6.45) is 2.70. The Hall–Kier alpha value is -0.350. The fraction of sp³-hybridized carbons (Fsp3) is 0.900. The van der Waals surface area contributed by atoms with Crippen LogP contribution < -0.4 is 5.32 Å². The second-order valence-electron chi connectivity index (χ2n) is 4.35. The largest absolute Gasteiger partial charge is 0.366 e. The van der Waals surface area contributed by atoms with Crippen LogP contribution in [-0.4, -0.2) is 53.7 Å². The molecule has 4 heteroatoms. The van der Waals surface area contributed by atoms with Gasteiger partial charge in [-0.05, 0) is 38.5 Å². The number of nitrogens with zero attached hydrogens (tertiary/aromatic N) is 2. The van der Waals surface area contributed by atoms with E-state index < -0.39 is 0 Å². The summed E-state index contributed by atoms with van der Waals surface area (Å²) in [5.74, 6) is 0. The van der Waals surface area contributed by atoms with Gasteiger partial charge in [-0.1, -0.05) is 0 Å². The van der Waals surface area contributed by atoms with Crippen molar-refractivity contribution in [3.63, 3.8) is 0 Å². The summed E-state index contributed by atoms with van der Waals surface area (Å²) in [5, 5.41) is 3.99. The van der Waals surface area contributed by atoms with Crippen molar-refractivity contribution in [1.82, 2.24) is 15.1 Å². The normalized spacial score (nSPS) is 32.9. The van der Waals surface area contributed by atoms with Gasteiger partial charge in [0.1, 0.15) is 0 Å². The highest BCUT2D eigenvalue weighted by molar-refractivity contribution is 7.80. The van der Waals surface area contributed by atoms with Crippen molar-refractivity contribution in [3.8, 4) is 0 Å². The van der Waals surface area contributed by atoms with Gasteiger partial charge in [-0.3, -0.25) is 4.90 Å². The summed E-state index contributed by atoms with van der Waals surface area (Å²) >= 11 is 5.31. The van der Waals surface area contributed by atoms with Gasteiger partial charge in [0.25, 0.3) is 0 Å². The number of thiocarbonyl (C=S) groups is 1. The van der Waals surface area contributed by atoms with Crippen LogP contribution in [0.4, 0.5) is 0 Å². The van der Waals surface area contributed by atoms with Crippen LogP contribution in [0.5, 0.6) is 0 Å². The van der Waals surface area contributed by atoms with Gasteiger partial charge in [0.05, 0.1) is 0 Å². The van der Waals surface area contributed by atoms with Gasteiger partial charge in [0.15, 0.2) is 5.11 Å². The van der Waals surface area contributed by atoms with Crippen molar-refractivity contribution in [1.29, 1.82) is 0 Å². The van der Waals surface area contributed by atoms with Gasteiger partial charge in [-0.25, -0.2) is 0 Å². The standard InChI is InChI=1S/C10H19N3S/c1-8-6-12-5-3-4-9(12)7-13(8)10(14)11-2/h8-9H,3-7H2,1-2H3,(H,11,14). The van der Waals surface area contributed by atoms with E-state index in [1.54, 1.807) is 0 Å². The number of hydrogen-bond acceptors (Lipinski definition) is 2. The van der Waals surface area contributed by atoms with Crippen LogP contribution >= 0.6 is 12.2 Å². The van der Waals surface area contributed by atoms with Crippen LogP contribution in [0.2, 0.25) is 0 Å². The average Bonchev–Trinajstić information content (AvgIpc) is 2.62. The zero-order chi connectivity index (χ0) is 10.1. The van der Waals surface area contributed by atoms with Crippen molar-refractivity contribution in [2.24, 2.45) is 0 Å². The molecule has 0 radical (unpaired) electrons. The Balaban J connectivity index is 2.02. The molecule has 3 nitrogen and oxygen atoms in total. The molecule has 2 aliphatic rings. The molecule has 0 aromatic rings. The molecular weight excluding hydrogens is 194 g/mol. The maximum atomic E-state index is 5.31. The zero-order valence-corrected chi connectivity index (χ0v) is 9.81. The molecule has 0 aromatic heterocycles. The lowest BCUT2D eigenvalue weighted by molar-refractivity contribution is 0.108. The van der Waals surface area contributed by atoms with E-state index in [2.05, 4.69) is 22.0 Å². The molecule has 2 aliphatic heterocycles. The molecule has 2 unspecified atom stereocenters. The molecule has 0 aromatic carbocycles. The molecule has 0 spiro atoms. The van der Waals surface area contributed by atoms with Crippen LogP contribution in [0.15, 0.2) is 0 Å². The quantitative estimate of drug-likeness (QED) is 0.596. The molecule has 0 saturated carbocycles. The summed E-state index contributed by atoms with van der Waals surface area (Å²) in [7, 11) is 1.91. The average molecular weight is 213 g/mol. The van der Waals surface area contributed by atoms with E-state index in [-0.39, 0.29) is 0 Å². The van der Waals surface area contributed by atoms with Gasteiger partial charge >= 0.3 is 0 Å². The fourth-order valence-corrected chi connectivity index (χ4v) is 2.87. The Morgan fingerprint density at radius 2 is 2.21 bits per heavy atom. The van der Waals surface area contributed by atoms with Crippen molar-refractivity contribution in [3.05, 3.63) is 0 Å². The number of hydrogen-bond donors (Lipinski definition) is 1. The zero-order valence-electron chi connectivity index (χ0n) is 8.99. The molecule has 1 N–H and O–H groups in total. The second kappa shape index (κ2) is 4.03. The first-order valence-electron chi connectivity index (χ1n) is 5.44. The maximum absolute atomic E-state index is 5.31. The summed E-state index contributed by atoms with van der Waals surface area (Å²) in [4.78, 5) is 4.95. The maximum Gasteiger partial charge on any atom is 0.169 e. The third-order valence-corrected chi connectivity index (χ3v) is 3.85. The van der Waals surface area contributed by atoms with E-state index in [0.29, 0.717) is 6.04 Å². The van der Waals surface area contributed by atoms with Crippen molar-refractivity contribution >= 4 is 17.3 Å². The topological polar surface area (TPSA) is 18.5 Å². The lowest BCUT2D eigenvalue weighted by Gasteiger charge is -2.43. The predicted molar refractivity (Wildman–Crippen MR) is 62.4 cm³/mol. The second-order valence-corrected chi connectivity index (χ2v) is 4.73. The SMILES string of the molecule is CNC(=S)N1CC2CCCN2CC1C. The highest BCUT2D eigenvalue weighted by Crippen LogP contribution is 2.24. The molecular formula is C10H19N3S. The van der Waals surface area contributed by atoms with E-state index >= 15 is 0 Å². The molecule has 2 atom stereocenters. The first-order valence-corrected chi connectivity index (χ1v) is 5.85. The van der Waals surface area contributed by atoms with Crippen molar-refractivity contribution in [2.75, 3.05) is 26.7 Å². The minimum atomic E-state index is 0.560. The monoisotopic (exact) mass is 213 g/mol. The van der Waals surface area contributed by atoms with Gasteiger partial charge in [-0.15, -0.1) is 0 Å². The molecule has 2 rings (SSSR count). The minimum absolute atomic E-state index is 0.560. The molecule has 80 valence electrons. The van der Waals surface area contributed by atoms with Crippen molar-refractivity contribution in [2.45, 2.75) is 31.8 Å². The van der Waals surface area contributed by atoms with E-state index in [9.17, 15) is 0 Å². The third kappa shape index (κ3) is 1.73. The highest BCUT2D eigenvalue weighted by Gasteiger charge is 2.34. The van der Waals surface area contributed by atoms with Crippen LogP contribution in [0, 0.1) is 0 Å². The summed E-state index contributed by atoms with van der Waals surface area (Å²) in [5.41, 5.74) is 0. The molecule has 2 heterocycles. The van der Waals surface area contributed by atoms with Gasteiger partial charge in [0, 0.05) is 32.2 Å². The Morgan fingerprint density at radius 1 is 1.43 bits per heavy atom. The molecule has 2 saturated heterocycles. The highest BCUT2D eigenvalue weighted by atomic mass is 32.1. The van der Waals surface area contributed by atoms with E-state index in [4.69, 9.17) is 12.2 Å². The van der Waals surface area contributed by atoms with Gasteiger partial charge in [-0.2, -0.15) is 0 Å². The lowest BCUT2D eigenvalue weighted by Crippen LogP contribution is -2.58. The predicted octanol–water partition coefficient (Wildman–Crippen LogP) is 0.659. The lowest BCUT2D eigenvalue weighted by atomic mass is 10.1. The summed E-state index contributed by atoms with van der Waals surface area (Å²) in [6, 6.07) is 1.31. The van der Waals surface area contributed by atoms with Crippen LogP contribution in [0.3, 0.4) is 0 Å². The van der Waals surface area contributed by atoms with Gasteiger partial charge in [0.2, 0.25) is 0 Å². The summed E-state index contributed by atoms with van der Waals surface area (Å²) < 4.78 is 0. The van der Waals surface area contributed by atoms with Crippen molar-refractivity contribution < 1.29 is 0 Å². The molecule has 0 bridgehead atoms. The first-order chi connectivity index (χ1) is 6.72. The van der Waals surface area contributed by atoms with Crippen LogP contribution in [-0.2, 0) is 0 Å². The smallest absolute Gasteiger partial charge is 0.169 e. The Labute approximate surface area is 91.4 Å². The molecule has 14 heavy (non-hydrogen) atoms. The van der Waals surface area contributed by atoms with E-state index in [0.717, 1.165) is 17.7 Å². The Kier molecular flexibility index (Phi) is 2.93. The molecule has 0 amide bonds. The number of piperazine rings is 1. The number of rotatable bonds is 0.